The van der Waals surface area contributed by atoms with Crippen LogP contribution in [0.4, 0.5) is 0 Å². The molecule has 2 heterocycles. The van der Waals surface area contributed by atoms with Crippen molar-refractivity contribution < 1.29 is 14.3 Å². The molecule has 8 nitrogen and oxygen atoms in total. The molecule has 1 aromatic carbocycles. The summed E-state index contributed by atoms with van der Waals surface area (Å²) >= 11 is 0. The van der Waals surface area contributed by atoms with Crippen LogP contribution in [0.15, 0.2) is 34.0 Å². The van der Waals surface area contributed by atoms with Crippen LogP contribution in [0.5, 0.6) is 11.5 Å². The highest BCUT2D eigenvalue weighted by molar-refractivity contribution is 5.93. The Morgan fingerprint density at radius 2 is 1.84 bits per heavy atom. The molecule has 8 heteroatoms. The van der Waals surface area contributed by atoms with Crippen LogP contribution in [0.3, 0.4) is 0 Å². The van der Waals surface area contributed by atoms with E-state index in [-0.39, 0.29) is 17.6 Å². The van der Waals surface area contributed by atoms with Crippen LogP contribution in [0, 0.1) is 5.92 Å². The van der Waals surface area contributed by atoms with Gasteiger partial charge in [0.15, 0.2) is 11.5 Å². The fraction of sp³-hybridized carbons (Fsp3) is 0.522. The van der Waals surface area contributed by atoms with Crippen LogP contribution in [0.1, 0.15) is 54.4 Å². The zero-order valence-corrected chi connectivity index (χ0v) is 17.8. The summed E-state index contributed by atoms with van der Waals surface area (Å²) in [5, 5.41) is 0. The molecule has 0 unspecified atom stereocenters. The van der Waals surface area contributed by atoms with Crippen molar-refractivity contribution >= 4 is 5.91 Å². The number of piperidine rings is 1. The van der Waals surface area contributed by atoms with Gasteiger partial charge in [0.05, 0.1) is 13.2 Å². The molecule has 1 saturated heterocycles. The summed E-state index contributed by atoms with van der Waals surface area (Å²) in [6, 6.07) is 6.15. The van der Waals surface area contributed by atoms with E-state index >= 15 is 0 Å². The van der Waals surface area contributed by atoms with Gasteiger partial charge in [0, 0.05) is 19.3 Å². The van der Waals surface area contributed by atoms with Gasteiger partial charge < -0.3 is 19.4 Å². The molecular formula is C23H29N3O5. The summed E-state index contributed by atoms with van der Waals surface area (Å²) in [5.74, 6) is 1.69. The smallest absolute Gasteiger partial charge is 0.325 e. The average molecular weight is 428 g/mol. The Bertz CT molecular complexity index is 1030. The van der Waals surface area contributed by atoms with E-state index in [9.17, 15) is 14.4 Å². The summed E-state index contributed by atoms with van der Waals surface area (Å²) < 4.78 is 11.7. The second-order valence-corrected chi connectivity index (χ2v) is 8.43. The Kier molecular flexibility index (Phi) is 6.44. The number of ether oxygens (including phenoxy) is 2. The number of nitrogens with zero attached hydrogens (tertiary/aromatic N) is 1. The Labute approximate surface area is 180 Å². The van der Waals surface area contributed by atoms with Gasteiger partial charge >= 0.3 is 5.69 Å². The molecule has 1 aliphatic carbocycles. The first kappa shape index (κ1) is 21.2. The minimum absolute atomic E-state index is 0.0260. The molecule has 1 aromatic heterocycles. The molecule has 2 aromatic rings. The zero-order valence-electron chi connectivity index (χ0n) is 17.8. The predicted octanol–water partition coefficient (Wildman–Crippen LogP) is 2.49. The largest absolute Gasteiger partial charge is 0.493 e. The summed E-state index contributed by atoms with van der Waals surface area (Å²) in [6.07, 6.45) is 8.72. The molecule has 1 aliphatic heterocycles. The van der Waals surface area contributed by atoms with Crippen molar-refractivity contribution in [3.63, 3.8) is 0 Å². The van der Waals surface area contributed by atoms with E-state index < -0.39 is 11.2 Å². The zero-order chi connectivity index (χ0) is 21.8. The molecule has 4 rings (SSSR count). The number of nitrogens with one attached hydrogen (secondary N) is 2. The molecule has 1 amide bonds. The number of aromatic amines is 2. The summed E-state index contributed by atoms with van der Waals surface area (Å²) in [5.41, 5.74) is -0.0857. The lowest BCUT2D eigenvalue weighted by Gasteiger charge is -2.32. The lowest BCUT2D eigenvalue weighted by atomic mass is 9.90. The maximum absolute atomic E-state index is 12.6. The highest BCUT2D eigenvalue weighted by Gasteiger charge is 2.26. The molecule has 2 N–H and O–H groups in total. The van der Waals surface area contributed by atoms with Gasteiger partial charge in [-0.25, -0.2) is 4.79 Å². The molecule has 0 spiro atoms. The molecule has 31 heavy (non-hydrogen) atoms. The van der Waals surface area contributed by atoms with Crippen molar-refractivity contribution in [1.82, 2.24) is 14.9 Å². The van der Waals surface area contributed by atoms with E-state index in [1.54, 1.807) is 12.0 Å². The first-order valence-corrected chi connectivity index (χ1v) is 11.0. The molecule has 0 bridgehead atoms. The molecular weight excluding hydrogens is 398 g/mol. The van der Waals surface area contributed by atoms with Crippen LogP contribution < -0.4 is 20.7 Å². The Morgan fingerprint density at radius 1 is 1.10 bits per heavy atom. The van der Waals surface area contributed by atoms with E-state index in [1.807, 2.05) is 6.07 Å². The normalized spacial score (nSPS) is 17.6. The van der Waals surface area contributed by atoms with Gasteiger partial charge in [-0.05, 0) is 68.6 Å². The standard InChI is InChI=1S/C23H29N3O5/c1-30-19-7-6-16(13-20(19)31-17-4-2-3-5-17)12-15-8-10-26(11-9-15)22(28)18-14-24-23(29)25-21(18)27/h6-7,13-15,17H,2-5,8-12H2,1H3,(H2,24,25,27,29). The number of H-pyrrole nitrogens is 2. The second kappa shape index (κ2) is 9.41. The van der Waals surface area contributed by atoms with Gasteiger partial charge in [-0.15, -0.1) is 0 Å². The number of rotatable bonds is 6. The number of aromatic nitrogens is 2. The van der Waals surface area contributed by atoms with Crippen LogP contribution in [-0.2, 0) is 6.42 Å². The quantitative estimate of drug-likeness (QED) is 0.737. The summed E-state index contributed by atoms with van der Waals surface area (Å²) in [6.45, 7) is 1.17. The second-order valence-electron chi connectivity index (χ2n) is 8.43. The van der Waals surface area contributed by atoms with E-state index in [4.69, 9.17) is 9.47 Å². The van der Waals surface area contributed by atoms with Gasteiger partial charge in [-0.2, -0.15) is 0 Å². The molecule has 2 aliphatic rings. The van der Waals surface area contributed by atoms with Crippen molar-refractivity contribution in [2.75, 3.05) is 20.2 Å². The molecule has 2 fully saturated rings. The van der Waals surface area contributed by atoms with Crippen molar-refractivity contribution in [2.24, 2.45) is 5.92 Å². The fourth-order valence-corrected chi connectivity index (χ4v) is 4.54. The Hall–Kier alpha value is -3.03. The maximum Gasteiger partial charge on any atom is 0.325 e. The van der Waals surface area contributed by atoms with E-state index in [0.29, 0.717) is 19.0 Å². The number of amides is 1. The SMILES string of the molecule is COc1ccc(CC2CCN(C(=O)c3c[nH]c(=O)[nH]c3=O)CC2)cc1OC1CCCC1. The number of carbonyl (C=O) groups is 1. The van der Waals surface area contributed by atoms with Crippen LogP contribution in [-0.4, -0.2) is 47.1 Å². The van der Waals surface area contributed by atoms with Gasteiger partial charge in [0.2, 0.25) is 0 Å². The number of methoxy groups -OCH3 is 1. The molecule has 166 valence electrons. The third-order valence-electron chi connectivity index (χ3n) is 6.30. The van der Waals surface area contributed by atoms with Gasteiger partial charge in [0.1, 0.15) is 5.56 Å². The van der Waals surface area contributed by atoms with E-state index in [1.165, 1.54) is 24.6 Å². The van der Waals surface area contributed by atoms with Crippen molar-refractivity contribution in [1.29, 1.82) is 0 Å². The summed E-state index contributed by atoms with van der Waals surface area (Å²) in [7, 11) is 1.66. The van der Waals surface area contributed by atoms with Crippen LogP contribution in [0.2, 0.25) is 0 Å². The van der Waals surface area contributed by atoms with E-state index in [0.717, 1.165) is 43.6 Å². The van der Waals surface area contributed by atoms with Crippen molar-refractivity contribution in [3.05, 3.63) is 56.4 Å². The highest BCUT2D eigenvalue weighted by atomic mass is 16.5. The summed E-state index contributed by atoms with van der Waals surface area (Å²) in [4.78, 5) is 41.8. The first-order valence-electron chi connectivity index (χ1n) is 11.0. The predicted molar refractivity (Wildman–Crippen MR) is 116 cm³/mol. The fourth-order valence-electron chi connectivity index (χ4n) is 4.54. The minimum Gasteiger partial charge on any atom is -0.493 e. The van der Waals surface area contributed by atoms with Gasteiger partial charge in [0.25, 0.3) is 11.5 Å². The Balaban J connectivity index is 1.36. The molecule has 1 saturated carbocycles. The lowest BCUT2D eigenvalue weighted by Crippen LogP contribution is -2.41. The minimum atomic E-state index is -0.649. The van der Waals surface area contributed by atoms with Crippen molar-refractivity contribution in [2.45, 2.75) is 51.0 Å². The monoisotopic (exact) mass is 427 g/mol. The van der Waals surface area contributed by atoms with Gasteiger partial charge in [-0.3, -0.25) is 14.6 Å². The molecule has 0 atom stereocenters. The van der Waals surface area contributed by atoms with Crippen molar-refractivity contribution in [3.8, 4) is 11.5 Å². The van der Waals surface area contributed by atoms with Gasteiger partial charge in [-0.1, -0.05) is 6.07 Å². The number of benzene rings is 1. The maximum atomic E-state index is 12.6. The average Bonchev–Trinajstić information content (AvgIpc) is 3.27. The Morgan fingerprint density at radius 3 is 2.52 bits per heavy atom. The number of hydrogen-bond donors (Lipinski definition) is 2. The molecule has 0 radical (unpaired) electrons. The topological polar surface area (TPSA) is 104 Å². The van der Waals surface area contributed by atoms with Crippen LogP contribution in [0.25, 0.3) is 0 Å². The lowest BCUT2D eigenvalue weighted by molar-refractivity contribution is 0.0688. The van der Waals surface area contributed by atoms with E-state index in [2.05, 4.69) is 22.1 Å². The first-order chi connectivity index (χ1) is 15.0. The van der Waals surface area contributed by atoms with Crippen LogP contribution >= 0.6 is 0 Å². The number of carbonyl (C=O) groups excluding carboxylic acids is 1. The highest BCUT2D eigenvalue weighted by Crippen LogP contribution is 2.34. The third-order valence-corrected chi connectivity index (χ3v) is 6.30. The third kappa shape index (κ3) is 5.00. The number of hydrogen-bond acceptors (Lipinski definition) is 5. The number of likely N-dealkylation sites (tertiary alicyclic amines) is 1.